The Kier molecular flexibility index (Phi) is 6.78. The molecular formula is C24H18F3N3O3S. The lowest BCUT2D eigenvalue weighted by Crippen LogP contribution is -2.25. The smallest absolute Gasteiger partial charge is 0.478 e. The second-order valence-corrected chi connectivity index (χ2v) is 8.24. The van der Waals surface area contributed by atoms with Crippen LogP contribution >= 0.6 is 11.3 Å². The Morgan fingerprint density at radius 2 is 1.76 bits per heavy atom. The molecule has 4 rings (SSSR count). The molecule has 0 spiro atoms. The highest BCUT2D eigenvalue weighted by Gasteiger charge is 2.31. The highest BCUT2D eigenvalue weighted by Crippen LogP contribution is 2.27. The van der Waals surface area contributed by atoms with Gasteiger partial charge in [0.05, 0.1) is 17.8 Å². The molecule has 0 aliphatic rings. The highest BCUT2D eigenvalue weighted by molar-refractivity contribution is 7.09. The van der Waals surface area contributed by atoms with E-state index in [1.54, 1.807) is 47.9 Å². The Morgan fingerprint density at radius 1 is 1.00 bits per heavy atom. The maximum absolute atomic E-state index is 12.4. The summed E-state index contributed by atoms with van der Waals surface area (Å²) in [5, 5.41) is 11.5. The number of halogens is 3. The SMILES string of the molecule is O=C(O)c1ccccc1CN(Cc1cccs1)c1nccc(-c2ccc(OC(F)(F)F)cc2)n1. The molecule has 1 N–H and O–H groups in total. The van der Waals surface area contributed by atoms with Crippen LogP contribution in [0, 0.1) is 0 Å². The molecule has 174 valence electrons. The minimum atomic E-state index is -4.77. The fourth-order valence-corrected chi connectivity index (χ4v) is 4.07. The largest absolute Gasteiger partial charge is 0.573 e. The van der Waals surface area contributed by atoms with Gasteiger partial charge in [-0.2, -0.15) is 0 Å². The quantitative estimate of drug-likeness (QED) is 0.330. The van der Waals surface area contributed by atoms with Gasteiger partial charge in [-0.1, -0.05) is 24.3 Å². The van der Waals surface area contributed by atoms with E-state index in [2.05, 4.69) is 14.7 Å². The van der Waals surface area contributed by atoms with Crippen LogP contribution < -0.4 is 9.64 Å². The third kappa shape index (κ3) is 5.90. The number of rotatable bonds is 8. The van der Waals surface area contributed by atoms with Gasteiger partial charge in [0.25, 0.3) is 0 Å². The van der Waals surface area contributed by atoms with E-state index in [9.17, 15) is 23.1 Å². The number of aromatic nitrogens is 2. The number of aromatic carboxylic acids is 1. The number of carboxylic acid groups (broad SMARTS) is 1. The zero-order chi connectivity index (χ0) is 24.1. The lowest BCUT2D eigenvalue weighted by molar-refractivity contribution is -0.274. The molecule has 0 aliphatic heterocycles. The summed E-state index contributed by atoms with van der Waals surface area (Å²) in [6.07, 6.45) is -3.21. The van der Waals surface area contributed by atoms with E-state index in [1.165, 1.54) is 24.3 Å². The topological polar surface area (TPSA) is 75.5 Å². The first-order valence-electron chi connectivity index (χ1n) is 10.1. The van der Waals surface area contributed by atoms with Gasteiger partial charge < -0.3 is 14.7 Å². The summed E-state index contributed by atoms with van der Waals surface area (Å²) in [6.45, 7) is 0.704. The van der Waals surface area contributed by atoms with Crippen molar-refractivity contribution < 1.29 is 27.8 Å². The third-order valence-corrected chi connectivity index (χ3v) is 5.71. The Balaban J connectivity index is 1.65. The van der Waals surface area contributed by atoms with Crippen molar-refractivity contribution in [1.29, 1.82) is 0 Å². The average Bonchev–Trinajstić information content (AvgIpc) is 3.32. The van der Waals surface area contributed by atoms with Gasteiger partial charge in [0.15, 0.2) is 0 Å². The normalized spacial score (nSPS) is 11.3. The predicted octanol–water partition coefficient (Wildman–Crippen LogP) is 6.01. The number of anilines is 1. The number of nitrogens with zero attached hydrogens (tertiary/aromatic N) is 3. The highest BCUT2D eigenvalue weighted by atomic mass is 32.1. The first-order valence-corrected chi connectivity index (χ1v) is 10.9. The summed E-state index contributed by atoms with van der Waals surface area (Å²) < 4.78 is 41.2. The lowest BCUT2D eigenvalue weighted by Gasteiger charge is -2.23. The molecule has 4 aromatic rings. The first kappa shape index (κ1) is 23.2. The van der Waals surface area contributed by atoms with Gasteiger partial charge in [0.2, 0.25) is 5.95 Å². The van der Waals surface area contributed by atoms with Crippen molar-refractivity contribution in [2.75, 3.05) is 4.90 Å². The maximum atomic E-state index is 12.4. The Bertz CT molecular complexity index is 1260. The summed E-state index contributed by atoms with van der Waals surface area (Å²) >= 11 is 1.55. The van der Waals surface area contributed by atoms with Gasteiger partial charge in [-0.3, -0.25) is 0 Å². The molecule has 10 heteroatoms. The number of carboxylic acids is 1. The number of hydrogen-bond donors (Lipinski definition) is 1. The second kappa shape index (κ2) is 9.92. The van der Waals surface area contributed by atoms with Crippen LogP contribution in [-0.2, 0) is 13.1 Å². The van der Waals surface area contributed by atoms with E-state index in [4.69, 9.17) is 0 Å². The molecule has 2 aromatic heterocycles. The molecule has 0 fully saturated rings. The number of benzene rings is 2. The molecule has 2 aromatic carbocycles. The van der Waals surface area contributed by atoms with E-state index in [0.717, 1.165) is 4.88 Å². The van der Waals surface area contributed by atoms with Crippen LogP contribution in [0.25, 0.3) is 11.3 Å². The standard InChI is InChI=1S/C24H18F3N3O3S/c25-24(26,27)33-18-9-7-16(8-10-18)21-11-12-28-23(29-21)30(15-19-5-3-13-34-19)14-17-4-1-2-6-20(17)22(31)32/h1-13H,14-15H2,(H,31,32). The number of ether oxygens (including phenoxy) is 1. The Labute approximate surface area is 196 Å². The first-order chi connectivity index (χ1) is 16.3. The van der Waals surface area contributed by atoms with Gasteiger partial charge >= 0.3 is 12.3 Å². The molecule has 0 unspecified atom stereocenters. The van der Waals surface area contributed by atoms with Crippen LogP contribution in [-0.4, -0.2) is 27.4 Å². The van der Waals surface area contributed by atoms with Crippen molar-refractivity contribution in [3.8, 4) is 17.0 Å². The van der Waals surface area contributed by atoms with Crippen LogP contribution in [0.15, 0.2) is 78.3 Å². The van der Waals surface area contributed by atoms with Crippen LogP contribution in [0.1, 0.15) is 20.8 Å². The Hall–Kier alpha value is -3.92. The van der Waals surface area contributed by atoms with Crippen molar-refractivity contribution in [1.82, 2.24) is 9.97 Å². The average molecular weight is 485 g/mol. The molecular weight excluding hydrogens is 467 g/mol. The van der Waals surface area contributed by atoms with Crippen LogP contribution in [0.2, 0.25) is 0 Å². The zero-order valence-corrected chi connectivity index (χ0v) is 18.4. The van der Waals surface area contributed by atoms with Crippen molar-refractivity contribution in [3.05, 3.63) is 94.3 Å². The monoisotopic (exact) mass is 485 g/mol. The van der Waals surface area contributed by atoms with E-state index in [-0.39, 0.29) is 17.9 Å². The van der Waals surface area contributed by atoms with Crippen molar-refractivity contribution in [3.63, 3.8) is 0 Å². The minimum absolute atomic E-state index is 0.190. The van der Waals surface area contributed by atoms with Gasteiger partial charge in [-0.15, -0.1) is 24.5 Å². The van der Waals surface area contributed by atoms with E-state index in [0.29, 0.717) is 29.3 Å². The van der Waals surface area contributed by atoms with E-state index in [1.807, 2.05) is 22.4 Å². The number of alkyl halides is 3. The van der Waals surface area contributed by atoms with Crippen molar-refractivity contribution in [2.24, 2.45) is 0 Å². The predicted molar refractivity (Wildman–Crippen MR) is 122 cm³/mol. The summed E-state index contributed by atoms with van der Waals surface area (Å²) in [5.74, 6) is -0.987. The zero-order valence-electron chi connectivity index (χ0n) is 17.6. The van der Waals surface area contributed by atoms with Crippen LogP contribution in [0.4, 0.5) is 19.1 Å². The lowest BCUT2D eigenvalue weighted by atomic mass is 10.1. The van der Waals surface area contributed by atoms with Gasteiger partial charge in [0.1, 0.15) is 5.75 Å². The summed E-state index contributed by atoms with van der Waals surface area (Å²) in [7, 11) is 0. The number of carbonyl (C=O) groups is 1. The fraction of sp³-hybridized carbons (Fsp3) is 0.125. The van der Waals surface area contributed by atoms with Gasteiger partial charge in [-0.05, 0) is 53.4 Å². The number of hydrogen-bond acceptors (Lipinski definition) is 6. The van der Waals surface area contributed by atoms with Crippen molar-refractivity contribution >= 4 is 23.3 Å². The molecule has 0 aliphatic carbocycles. The molecule has 0 amide bonds. The summed E-state index contributed by atoms with van der Waals surface area (Å²) in [6, 6.07) is 17.7. The fourth-order valence-electron chi connectivity index (χ4n) is 3.35. The van der Waals surface area contributed by atoms with Crippen LogP contribution in [0.5, 0.6) is 5.75 Å². The third-order valence-electron chi connectivity index (χ3n) is 4.85. The summed E-state index contributed by atoms with van der Waals surface area (Å²) in [5.41, 5.74) is 1.88. The van der Waals surface area contributed by atoms with Crippen LogP contribution in [0.3, 0.4) is 0 Å². The molecule has 0 bridgehead atoms. The maximum Gasteiger partial charge on any atom is 0.573 e. The molecule has 34 heavy (non-hydrogen) atoms. The molecule has 2 heterocycles. The van der Waals surface area contributed by atoms with E-state index < -0.39 is 12.3 Å². The molecule has 0 radical (unpaired) electrons. The van der Waals surface area contributed by atoms with Gasteiger partial charge in [0, 0.05) is 23.2 Å². The molecule has 0 saturated carbocycles. The Morgan fingerprint density at radius 3 is 2.44 bits per heavy atom. The minimum Gasteiger partial charge on any atom is -0.478 e. The molecule has 6 nitrogen and oxygen atoms in total. The number of thiophene rings is 1. The van der Waals surface area contributed by atoms with Gasteiger partial charge in [-0.25, -0.2) is 14.8 Å². The molecule has 0 atom stereocenters. The molecule has 0 saturated heterocycles. The van der Waals surface area contributed by atoms with E-state index >= 15 is 0 Å². The van der Waals surface area contributed by atoms with Crippen molar-refractivity contribution in [2.45, 2.75) is 19.5 Å². The summed E-state index contributed by atoms with van der Waals surface area (Å²) in [4.78, 5) is 23.6. The second-order valence-electron chi connectivity index (χ2n) is 7.21.